The van der Waals surface area contributed by atoms with Gasteiger partial charge < -0.3 is 5.11 Å². The van der Waals surface area contributed by atoms with Crippen LogP contribution in [0.3, 0.4) is 0 Å². The standard InChI is InChI=1S/C16H19N5O2/c1-16(2,3)20(15(22)23)14-11-7-9-6-10(9)13(11)21(19-14)12-8-17-4-5-18-12/h4-5,8-10H,6-7H2,1-3H3,(H,22,23)/t9-,10-/m0/s1. The van der Waals surface area contributed by atoms with Crippen molar-refractivity contribution in [1.29, 1.82) is 0 Å². The molecule has 2 aromatic heterocycles. The molecule has 1 saturated carbocycles. The lowest BCUT2D eigenvalue weighted by molar-refractivity contribution is 0.195. The normalized spacial score (nSPS) is 21.7. The molecule has 1 N–H and O–H groups in total. The molecule has 0 spiro atoms. The molecule has 7 nitrogen and oxygen atoms in total. The minimum atomic E-state index is -0.982. The van der Waals surface area contributed by atoms with Gasteiger partial charge in [-0.05, 0) is 39.5 Å². The van der Waals surface area contributed by atoms with E-state index in [0.717, 1.165) is 24.1 Å². The Morgan fingerprint density at radius 3 is 2.78 bits per heavy atom. The first-order valence-electron chi connectivity index (χ1n) is 7.79. The number of aromatic nitrogens is 4. The van der Waals surface area contributed by atoms with Crippen molar-refractivity contribution in [3.63, 3.8) is 0 Å². The fourth-order valence-corrected chi connectivity index (χ4v) is 3.55. The van der Waals surface area contributed by atoms with E-state index in [9.17, 15) is 9.90 Å². The molecular formula is C16H19N5O2. The molecule has 0 bridgehead atoms. The molecule has 2 aliphatic rings. The molecular weight excluding hydrogens is 294 g/mol. The Morgan fingerprint density at radius 1 is 1.39 bits per heavy atom. The van der Waals surface area contributed by atoms with Crippen LogP contribution in [0.15, 0.2) is 18.6 Å². The maximum absolute atomic E-state index is 11.8. The molecule has 0 unspecified atom stereocenters. The second kappa shape index (κ2) is 4.53. The summed E-state index contributed by atoms with van der Waals surface area (Å²) in [6, 6.07) is 0. The van der Waals surface area contributed by atoms with Crippen molar-refractivity contribution >= 4 is 11.9 Å². The third-order valence-corrected chi connectivity index (χ3v) is 4.58. The van der Waals surface area contributed by atoms with Gasteiger partial charge in [0.15, 0.2) is 11.6 Å². The SMILES string of the molecule is CC(C)(C)N(C(=O)O)c1nn(-c2cnccn2)c2c1C[C@@H]1C[C@H]21. The zero-order valence-electron chi connectivity index (χ0n) is 13.4. The Hall–Kier alpha value is -2.44. The molecule has 7 heteroatoms. The van der Waals surface area contributed by atoms with E-state index >= 15 is 0 Å². The van der Waals surface area contributed by atoms with Gasteiger partial charge in [-0.25, -0.2) is 14.5 Å². The van der Waals surface area contributed by atoms with Crippen LogP contribution in [0.5, 0.6) is 0 Å². The van der Waals surface area contributed by atoms with Crippen molar-refractivity contribution in [1.82, 2.24) is 19.7 Å². The zero-order chi connectivity index (χ0) is 16.4. The Balaban J connectivity index is 1.90. The number of nitrogens with zero attached hydrogens (tertiary/aromatic N) is 5. The molecule has 0 radical (unpaired) electrons. The molecule has 2 aromatic rings. The summed E-state index contributed by atoms with van der Waals surface area (Å²) in [7, 11) is 0. The lowest BCUT2D eigenvalue weighted by atomic mass is 10.0. The van der Waals surface area contributed by atoms with Crippen LogP contribution in [0.2, 0.25) is 0 Å². The van der Waals surface area contributed by atoms with Gasteiger partial charge in [-0.1, -0.05) is 0 Å². The van der Waals surface area contributed by atoms with Crippen LogP contribution < -0.4 is 4.90 Å². The molecule has 0 aromatic carbocycles. The summed E-state index contributed by atoms with van der Waals surface area (Å²) in [5.41, 5.74) is 1.60. The van der Waals surface area contributed by atoms with Crippen LogP contribution in [0.25, 0.3) is 5.82 Å². The molecule has 0 saturated heterocycles. The molecule has 4 rings (SSSR count). The van der Waals surface area contributed by atoms with Crippen LogP contribution in [0.1, 0.15) is 44.4 Å². The van der Waals surface area contributed by atoms with Crippen molar-refractivity contribution in [2.45, 2.75) is 45.1 Å². The van der Waals surface area contributed by atoms with Crippen molar-refractivity contribution in [3.05, 3.63) is 29.8 Å². The Labute approximate surface area is 134 Å². The van der Waals surface area contributed by atoms with E-state index < -0.39 is 11.6 Å². The van der Waals surface area contributed by atoms with E-state index in [1.807, 2.05) is 20.8 Å². The summed E-state index contributed by atoms with van der Waals surface area (Å²) >= 11 is 0. The van der Waals surface area contributed by atoms with E-state index in [-0.39, 0.29) is 0 Å². The number of rotatable bonds is 2. The second-order valence-electron chi connectivity index (χ2n) is 7.26. The van der Waals surface area contributed by atoms with Gasteiger partial charge in [-0.3, -0.25) is 9.88 Å². The van der Waals surface area contributed by atoms with Crippen molar-refractivity contribution in [3.8, 4) is 5.82 Å². The first-order valence-corrected chi connectivity index (χ1v) is 7.79. The van der Waals surface area contributed by atoms with Crippen LogP contribution in [-0.4, -0.2) is 36.5 Å². The van der Waals surface area contributed by atoms with Crippen LogP contribution >= 0.6 is 0 Å². The lowest BCUT2D eigenvalue weighted by Crippen LogP contribution is -2.46. The lowest BCUT2D eigenvalue weighted by Gasteiger charge is -2.31. The second-order valence-corrected chi connectivity index (χ2v) is 7.26. The summed E-state index contributed by atoms with van der Waals surface area (Å²) in [6.07, 6.45) is 5.98. The van der Waals surface area contributed by atoms with Gasteiger partial charge in [0.05, 0.1) is 11.9 Å². The smallest absolute Gasteiger partial charge is 0.413 e. The molecule has 2 aliphatic carbocycles. The first kappa shape index (κ1) is 14.2. The van der Waals surface area contributed by atoms with Gasteiger partial charge in [-0.15, -0.1) is 5.10 Å². The zero-order valence-corrected chi connectivity index (χ0v) is 13.4. The van der Waals surface area contributed by atoms with E-state index in [1.54, 1.807) is 23.3 Å². The number of carbonyl (C=O) groups is 1. The molecule has 0 aliphatic heterocycles. The van der Waals surface area contributed by atoms with E-state index in [4.69, 9.17) is 0 Å². The minimum Gasteiger partial charge on any atom is -0.465 e. The molecule has 120 valence electrons. The summed E-state index contributed by atoms with van der Waals surface area (Å²) < 4.78 is 1.79. The van der Waals surface area contributed by atoms with E-state index in [1.165, 1.54) is 4.90 Å². The molecule has 1 amide bonds. The Kier molecular flexibility index (Phi) is 2.79. The van der Waals surface area contributed by atoms with Gasteiger partial charge in [0, 0.05) is 29.4 Å². The highest BCUT2D eigenvalue weighted by molar-refractivity contribution is 5.88. The average molecular weight is 313 g/mol. The minimum absolute atomic E-state index is 0.476. The van der Waals surface area contributed by atoms with E-state index in [0.29, 0.717) is 23.5 Å². The predicted molar refractivity (Wildman–Crippen MR) is 84.0 cm³/mol. The third-order valence-electron chi connectivity index (χ3n) is 4.58. The monoisotopic (exact) mass is 313 g/mol. The Bertz CT molecular complexity index is 778. The van der Waals surface area contributed by atoms with Crippen molar-refractivity contribution in [2.75, 3.05) is 4.90 Å². The number of fused-ring (bicyclic) bond motifs is 3. The number of carboxylic acid groups (broad SMARTS) is 1. The van der Waals surface area contributed by atoms with Crippen molar-refractivity contribution < 1.29 is 9.90 Å². The molecule has 1 fully saturated rings. The summed E-state index contributed by atoms with van der Waals surface area (Å²) in [5, 5.41) is 14.3. The number of hydrogen-bond acceptors (Lipinski definition) is 4. The fourth-order valence-electron chi connectivity index (χ4n) is 3.55. The van der Waals surface area contributed by atoms with Crippen LogP contribution in [-0.2, 0) is 6.42 Å². The van der Waals surface area contributed by atoms with Gasteiger partial charge in [0.25, 0.3) is 0 Å². The van der Waals surface area contributed by atoms with Crippen molar-refractivity contribution in [2.24, 2.45) is 5.92 Å². The Morgan fingerprint density at radius 2 is 2.17 bits per heavy atom. The number of amides is 1. The maximum Gasteiger partial charge on any atom is 0.413 e. The predicted octanol–water partition coefficient (Wildman–Crippen LogP) is 2.60. The summed E-state index contributed by atoms with van der Waals surface area (Å²) in [4.78, 5) is 21.6. The van der Waals surface area contributed by atoms with Gasteiger partial charge in [0.2, 0.25) is 0 Å². The highest BCUT2D eigenvalue weighted by Crippen LogP contribution is 2.58. The highest BCUT2D eigenvalue weighted by Gasteiger charge is 2.51. The van der Waals surface area contributed by atoms with E-state index in [2.05, 4.69) is 15.1 Å². The average Bonchev–Trinajstić information content (AvgIpc) is 2.99. The van der Waals surface area contributed by atoms with Gasteiger partial charge in [-0.2, -0.15) is 0 Å². The third kappa shape index (κ3) is 2.10. The van der Waals surface area contributed by atoms with Gasteiger partial charge >= 0.3 is 6.09 Å². The fraction of sp³-hybridized carbons (Fsp3) is 0.500. The quantitative estimate of drug-likeness (QED) is 0.921. The largest absolute Gasteiger partial charge is 0.465 e. The molecule has 23 heavy (non-hydrogen) atoms. The maximum atomic E-state index is 11.8. The number of anilines is 1. The molecule has 2 atom stereocenters. The number of hydrogen-bond donors (Lipinski definition) is 1. The first-order chi connectivity index (χ1) is 10.9. The van der Waals surface area contributed by atoms with Crippen LogP contribution in [0, 0.1) is 5.92 Å². The summed E-state index contributed by atoms with van der Waals surface area (Å²) in [6.45, 7) is 5.64. The summed E-state index contributed by atoms with van der Waals surface area (Å²) in [5.74, 6) is 2.28. The van der Waals surface area contributed by atoms with Gasteiger partial charge in [0.1, 0.15) is 0 Å². The van der Waals surface area contributed by atoms with Crippen LogP contribution in [0.4, 0.5) is 10.6 Å². The highest BCUT2D eigenvalue weighted by atomic mass is 16.4. The topological polar surface area (TPSA) is 84.1 Å². The molecule has 2 heterocycles.